The summed E-state index contributed by atoms with van der Waals surface area (Å²) in [6.07, 6.45) is 0.550. The molecule has 31 heavy (non-hydrogen) atoms. The molecule has 5 rings (SSSR count). The molecule has 1 amide bonds. The van der Waals surface area contributed by atoms with E-state index in [4.69, 9.17) is 0 Å². The van der Waals surface area contributed by atoms with Crippen LogP contribution in [0.3, 0.4) is 0 Å². The van der Waals surface area contributed by atoms with Crippen LogP contribution in [0.2, 0.25) is 0 Å². The Bertz CT molecular complexity index is 1120. The lowest BCUT2D eigenvalue weighted by Crippen LogP contribution is -2.44. The molecule has 0 saturated carbocycles. The lowest BCUT2D eigenvalue weighted by molar-refractivity contribution is -0.157. The number of hydrogen-bond acceptors (Lipinski definition) is 5. The van der Waals surface area contributed by atoms with E-state index < -0.39 is 5.72 Å². The van der Waals surface area contributed by atoms with Gasteiger partial charge in [0.15, 0.2) is 5.72 Å². The second-order valence-electron chi connectivity index (χ2n) is 7.84. The fourth-order valence-electron chi connectivity index (χ4n) is 4.25. The van der Waals surface area contributed by atoms with Crippen molar-refractivity contribution >= 4 is 34.8 Å². The van der Waals surface area contributed by atoms with Gasteiger partial charge in [0.2, 0.25) is 5.91 Å². The number of amides is 1. The SMILES string of the molecule is CC1=NN(C(=O)CCN2c3ccccc3Sc3ccccc32)C(O)(c2ccccc2)C1. The van der Waals surface area contributed by atoms with Gasteiger partial charge in [0, 0.05) is 40.5 Å². The lowest BCUT2D eigenvalue weighted by atomic mass is 9.97. The van der Waals surface area contributed by atoms with Gasteiger partial charge in [0.25, 0.3) is 0 Å². The third-order valence-corrected chi connectivity index (χ3v) is 6.81. The van der Waals surface area contributed by atoms with Crippen molar-refractivity contribution in [1.29, 1.82) is 0 Å². The fraction of sp³-hybridized carbons (Fsp3) is 0.200. The lowest BCUT2D eigenvalue weighted by Gasteiger charge is -2.34. The molecule has 5 nitrogen and oxygen atoms in total. The first-order chi connectivity index (χ1) is 15.1. The average molecular weight is 430 g/mol. The topological polar surface area (TPSA) is 56.1 Å². The predicted molar refractivity (Wildman–Crippen MR) is 124 cm³/mol. The van der Waals surface area contributed by atoms with E-state index >= 15 is 0 Å². The Kier molecular flexibility index (Phi) is 5.04. The van der Waals surface area contributed by atoms with Gasteiger partial charge in [-0.15, -0.1) is 0 Å². The summed E-state index contributed by atoms with van der Waals surface area (Å²) in [6, 6.07) is 25.8. The smallest absolute Gasteiger partial charge is 0.247 e. The van der Waals surface area contributed by atoms with Gasteiger partial charge in [0.05, 0.1) is 11.4 Å². The Morgan fingerprint density at radius 3 is 2.19 bits per heavy atom. The van der Waals surface area contributed by atoms with Gasteiger partial charge < -0.3 is 10.0 Å². The summed E-state index contributed by atoms with van der Waals surface area (Å²) in [7, 11) is 0. The Labute approximate surface area is 186 Å². The van der Waals surface area contributed by atoms with Crippen molar-refractivity contribution in [2.45, 2.75) is 35.3 Å². The molecule has 0 radical (unpaired) electrons. The molecule has 0 fully saturated rings. The van der Waals surface area contributed by atoms with E-state index in [9.17, 15) is 9.90 Å². The molecule has 1 N–H and O–H groups in total. The van der Waals surface area contributed by atoms with Gasteiger partial charge in [-0.2, -0.15) is 10.1 Å². The summed E-state index contributed by atoms with van der Waals surface area (Å²) < 4.78 is 0. The van der Waals surface area contributed by atoms with E-state index in [0.29, 0.717) is 18.5 Å². The number of carbonyl (C=O) groups is 1. The molecule has 1 atom stereocenters. The molecule has 0 spiro atoms. The number of hydrogen-bond donors (Lipinski definition) is 1. The number of para-hydroxylation sites is 2. The van der Waals surface area contributed by atoms with Crippen LogP contribution in [-0.4, -0.2) is 28.3 Å². The molecular formula is C25H23N3O2S. The molecule has 0 bridgehead atoms. The fourth-order valence-corrected chi connectivity index (χ4v) is 5.34. The largest absolute Gasteiger partial charge is 0.365 e. The van der Waals surface area contributed by atoms with Gasteiger partial charge in [0.1, 0.15) is 0 Å². The minimum absolute atomic E-state index is 0.198. The minimum Gasteiger partial charge on any atom is -0.365 e. The second kappa shape index (κ2) is 7.87. The van der Waals surface area contributed by atoms with Crippen molar-refractivity contribution in [3.8, 4) is 0 Å². The third kappa shape index (κ3) is 3.52. The number of hydrazone groups is 1. The summed E-state index contributed by atoms with van der Waals surface area (Å²) in [4.78, 5) is 17.8. The highest BCUT2D eigenvalue weighted by atomic mass is 32.2. The van der Waals surface area contributed by atoms with Crippen LogP contribution >= 0.6 is 11.8 Å². The summed E-state index contributed by atoms with van der Waals surface area (Å²) in [5.74, 6) is -0.198. The van der Waals surface area contributed by atoms with Crippen LogP contribution in [0, 0.1) is 0 Å². The Morgan fingerprint density at radius 1 is 0.968 bits per heavy atom. The van der Waals surface area contributed by atoms with Crippen LogP contribution in [0.25, 0.3) is 0 Å². The van der Waals surface area contributed by atoms with Crippen LogP contribution in [0.5, 0.6) is 0 Å². The number of aliphatic hydroxyl groups is 1. The average Bonchev–Trinajstić information content (AvgIpc) is 3.12. The molecule has 2 aliphatic rings. The zero-order valence-corrected chi connectivity index (χ0v) is 18.0. The monoisotopic (exact) mass is 429 g/mol. The number of carbonyl (C=O) groups excluding carboxylic acids is 1. The standard InChI is InChI=1S/C25H23N3O2S/c1-18-17-25(30,19-9-3-2-4-10-19)28(26-18)24(29)15-16-27-20-11-5-7-13-22(20)31-23-14-8-6-12-21(23)27/h2-14,30H,15-17H2,1H3. The first-order valence-electron chi connectivity index (χ1n) is 10.3. The van der Waals surface area contributed by atoms with Gasteiger partial charge in [-0.05, 0) is 31.2 Å². The first-order valence-corrected chi connectivity index (χ1v) is 11.2. The normalized spacial score (nSPS) is 19.6. The molecule has 156 valence electrons. The molecule has 3 aromatic rings. The van der Waals surface area contributed by atoms with E-state index in [1.54, 1.807) is 11.8 Å². The van der Waals surface area contributed by atoms with Crippen molar-refractivity contribution in [1.82, 2.24) is 5.01 Å². The Morgan fingerprint density at radius 2 is 1.55 bits per heavy atom. The summed E-state index contributed by atoms with van der Waals surface area (Å²) in [5, 5.41) is 17.1. The van der Waals surface area contributed by atoms with Crippen LogP contribution in [0.15, 0.2) is 93.8 Å². The molecule has 2 aliphatic heterocycles. The highest BCUT2D eigenvalue weighted by molar-refractivity contribution is 7.99. The van der Waals surface area contributed by atoms with E-state index in [0.717, 1.165) is 17.1 Å². The zero-order valence-electron chi connectivity index (χ0n) is 17.2. The van der Waals surface area contributed by atoms with E-state index in [1.807, 2.05) is 61.5 Å². The summed E-state index contributed by atoms with van der Waals surface area (Å²) in [6.45, 7) is 2.35. The van der Waals surface area contributed by atoms with Crippen LogP contribution in [0.4, 0.5) is 11.4 Å². The molecule has 3 aromatic carbocycles. The number of nitrogens with zero attached hydrogens (tertiary/aromatic N) is 3. The maximum absolute atomic E-state index is 13.3. The van der Waals surface area contributed by atoms with Crippen LogP contribution < -0.4 is 4.90 Å². The molecule has 2 heterocycles. The van der Waals surface area contributed by atoms with Crippen molar-refractivity contribution in [3.05, 3.63) is 84.4 Å². The van der Waals surface area contributed by atoms with Gasteiger partial charge in [-0.25, -0.2) is 0 Å². The molecule has 6 heteroatoms. The second-order valence-corrected chi connectivity index (χ2v) is 8.92. The zero-order chi connectivity index (χ0) is 21.4. The molecule has 0 saturated heterocycles. The number of anilines is 2. The number of benzene rings is 3. The van der Waals surface area contributed by atoms with Crippen LogP contribution in [0.1, 0.15) is 25.3 Å². The van der Waals surface area contributed by atoms with Gasteiger partial charge in [-0.1, -0.05) is 66.4 Å². The van der Waals surface area contributed by atoms with Crippen molar-refractivity contribution in [2.24, 2.45) is 5.10 Å². The summed E-state index contributed by atoms with van der Waals surface area (Å²) >= 11 is 1.74. The quantitative estimate of drug-likeness (QED) is 0.624. The third-order valence-electron chi connectivity index (χ3n) is 5.68. The molecular weight excluding hydrogens is 406 g/mol. The highest BCUT2D eigenvalue weighted by Crippen LogP contribution is 2.48. The van der Waals surface area contributed by atoms with Gasteiger partial charge in [-0.3, -0.25) is 4.79 Å². The molecule has 1 unspecified atom stereocenters. The van der Waals surface area contributed by atoms with E-state index in [2.05, 4.69) is 34.3 Å². The Hall–Kier alpha value is -3.09. The summed E-state index contributed by atoms with van der Waals surface area (Å²) in [5.41, 5.74) is 2.17. The van der Waals surface area contributed by atoms with Gasteiger partial charge >= 0.3 is 0 Å². The van der Waals surface area contributed by atoms with Crippen LogP contribution in [-0.2, 0) is 10.5 Å². The van der Waals surface area contributed by atoms with Crippen molar-refractivity contribution in [2.75, 3.05) is 11.4 Å². The maximum Gasteiger partial charge on any atom is 0.247 e. The highest BCUT2D eigenvalue weighted by Gasteiger charge is 2.44. The molecule has 0 aromatic heterocycles. The van der Waals surface area contributed by atoms with E-state index in [-0.39, 0.29) is 12.3 Å². The molecule has 0 aliphatic carbocycles. The predicted octanol–water partition coefficient (Wildman–Crippen LogP) is 5.13. The number of fused-ring (bicyclic) bond motifs is 2. The van der Waals surface area contributed by atoms with E-state index in [1.165, 1.54) is 14.8 Å². The minimum atomic E-state index is -1.43. The first kappa shape index (κ1) is 19.8. The number of rotatable bonds is 4. The Balaban J connectivity index is 1.41. The maximum atomic E-state index is 13.3. The van der Waals surface area contributed by atoms with Crippen molar-refractivity contribution in [3.63, 3.8) is 0 Å². The van der Waals surface area contributed by atoms with Crippen molar-refractivity contribution < 1.29 is 9.90 Å².